The van der Waals surface area contributed by atoms with Gasteiger partial charge in [-0.15, -0.1) is 11.3 Å². The van der Waals surface area contributed by atoms with Crippen molar-refractivity contribution in [3.05, 3.63) is 11.1 Å². The van der Waals surface area contributed by atoms with Gasteiger partial charge in [-0.3, -0.25) is 0 Å². The third-order valence-corrected chi connectivity index (χ3v) is 4.15. The predicted octanol–water partition coefficient (Wildman–Crippen LogP) is 3.83. The maximum absolute atomic E-state index is 4.76. The lowest BCUT2D eigenvalue weighted by atomic mass is 10.2. The molecule has 0 saturated heterocycles. The first-order valence-corrected chi connectivity index (χ1v) is 7.87. The summed E-state index contributed by atoms with van der Waals surface area (Å²) in [6.07, 6.45) is 3.82. The van der Waals surface area contributed by atoms with Gasteiger partial charge in [-0.1, -0.05) is 19.8 Å². The minimum absolute atomic E-state index is 0.333. The number of nitrogens with zero attached hydrogens (tertiary/aromatic N) is 2. The highest BCUT2D eigenvalue weighted by atomic mass is 32.1. The second-order valence-corrected chi connectivity index (χ2v) is 5.90. The van der Waals surface area contributed by atoms with E-state index in [2.05, 4.69) is 43.3 Å². The molecular formula is C14H27N3S. The van der Waals surface area contributed by atoms with Gasteiger partial charge in [0.2, 0.25) is 0 Å². The van der Waals surface area contributed by atoms with E-state index in [9.17, 15) is 0 Å². The number of unbranched alkanes of at least 4 members (excludes halogenated alkanes) is 2. The zero-order chi connectivity index (χ0) is 13.5. The van der Waals surface area contributed by atoms with Crippen LogP contribution in [0.15, 0.2) is 5.38 Å². The van der Waals surface area contributed by atoms with Crippen LogP contribution in [0, 0.1) is 0 Å². The largest absolute Gasteiger partial charge is 0.346 e. The average Bonchev–Trinajstić information content (AvgIpc) is 2.82. The molecule has 1 atom stereocenters. The van der Waals surface area contributed by atoms with Crippen LogP contribution in [-0.4, -0.2) is 24.6 Å². The Morgan fingerprint density at radius 2 is 2.06 bits per heavy atom. The molecule has 1 aromatic heterocycles. The van der Waals surface area contributed by atoms with E-state index in [0.717, 1.165) is 12.2 Å². The highest BCUT2D eigenvalue weighted by molar-refractivity contribution is 7.13. The number of rotatable bonds is 8. The van der Waals surface area contributed by atoms with Crippen LogP contribution in [-0.2, 0) is 0 Å². The second-order valence-electron chi connectivity index (χ2n) is 5.06. The van der Waals surface area contributed by atoms with Gasteiger partial charge in [0.1, 0.15) is 0 Å². The van der Waals surface area contributed by atoms with E-state index in [4.69, 9.17) is 4.98 Å². The Kier molecular flexibility index (Phi) is 6.65. The Morgan fingerprint density at radius 3 is 2.61 bits per heavy atom. The van der Waals surface area contributed by atoms with Crippen molar-refractivity contribution in [2.45, 2.75) is 59.0 Å². The minimum atomic E-state index is 0.333. The summed E-state index contributed by atoms with van der Waals surface area (Å²) in [7, 11) is 1.98. The number of hydrogen-bond donors (Lipinski definition) is 1. The van der Waals surface area contributed by atoms with E-state index in [0.29, 0.717) is 12.1 Å². The van der Waals surface area contributed by atoms with Crippen molar-refractivity contribution in [1.29, 1.82) is 0 Å². The van der Waals surface area contributed by atoms with Crippen molar-refractivity contribution in [2.75, 3.05) is 18.5 Å². The van der Waals surface area contributed by atoms with E-state index in [1.807, 2.05) is 7.05 Å². The first-order chi connectivity index (χ1) is 8.60. The predicted molar refractivity (Wildman–Crippen MR) is 81.6 cm³/mol. The van der Waals surface area contributed by atoms with Crippen molar-refractivity contribution >= 4 is 16.5 Å². The van der Waals surface area contributed by atoms with Gasteiger partial charge in [-0.25, -0.2) is 4.98 Å². The van der Waals surface area contributed by atoms with Crippen molar-refractivity contribution in [2.24, 2.45) is 0 Å². The lowest BCUT2D eigenvalue weighted by Crippen LogP contribution is -2.31. The molecule has 0 saturated carbocycles. The maximum Gasteiger partial charge on any atom is 0.185 e. The van der Waals surface area contributed by atoms with Gasteiger partial charge < -0.3 is 10.2 Å². The van der Waals surface area contributed by atoms with Crippen molar-refractivity contribution in [3.63, 3.8) is 0 Å². The van der Waals surface area contributed by atoms with Gasteiger partial charge in [0.25, 0.3) is 0 Å². The van der Waals surface area contributed by atoms with Crippen LogP contribution < -0.4 is 10.2 Å². The SMILES string of the molecule is CCCCCN(c1nc(C(C)NC)cs1)C(C)C. The molecule has 104 valence electrons. The molecule has 0 fully saturated rings. The van der Waals surface area contributed by atoms with Crippen molar-refractivity contribution < 1.29 is 0 Å². The Morgan fingerprint density at radius 1 is 1.33 bits per heavy atom. The molecular weight excluding hydrogens is 242 g/mol. The first-order valence-electron chi connectivity index (χ1n) is 6.99. The van der Waals surface area contributed by atoms with Gasteiger partial charge >= 0.3 is 0 Å². The van der Waals surface area contributed by atoms with Crippen LogP contribution in [0.2, 0.25) is 0 Å². The maximum atomic E-state index is 4.76. The Bertz CT molecular complexity index is 336. The molecule has 0 bridgehead atoms. The third kappa shape index (κ3) is 4.25. The van der Waals surface area contributed by atoms with E-state index < -0.39 is 0 Å². The van der Waals surface area contributed by atoms with Crippen LogP contribution in [0.3, 0.4) is 0 Å². The molecule has 0 aliphatic heterocycles. The first kappa shape index (κ1) is 15.4. The fourth-order valence-electron chi connectivity index (χ4n) is 1.86. The molecule has 0 radical (unpaired) electrons. The number of nitrogens with one attached hydrogen (secondary N) is 1. The van der Waals surface area contributed by atoms with Crippen LogP contribution in [0.5, 0.6) is 0 Å². The lowest BCUT2D eigenvalue weighted by Gasteiger charge is -2.26. The molecule has 1 aromatic rings. The molecule has 1 unspecified atom stereocenters. The van der Waals surface area contributed by atoms with E-state index >= 15 is 0 Å². The van der Waals surface area contributed by atoms with Gasteiger partial charge in [-0.2, -0.15) is 0 Å². The summed E-state index contributed by atoms with van der Waals surface area (Å²) in [4.78, 5) is 7.19. The molecule has 18 heavy (non-hydrogen) atoms. The molecule has 0 aliphatic carbocycles. The van der Waals surface area contributed by atoms with Crippen LogP contribution in [0.1, 0.15) is 58.7 Å². The number of aromatic nitrogens is 1. The topological polar surface area (TPSA) is 28.2 Å². The quantitative estimate of drug-likeness (QED) is 0.727. The van der Waals surface area contributed by atoms with E-state index in [-0.39, 0.29) is 0 Å². The number of hydrogen-bond acceptors (Lipinski definition) is 4. The third-order valence-electron chi connectivity index (χ3n) is 3.26. The zero-order valence-electron chi connectivity index (χ0n) is 12.4. The van der Waals surface area contributed by atoms with Crippen LogP contribution in [0.4, 0.5) is 5.13 Å². The highest BCUT2D eigenvalue weighted by Gasteiger charge is 2.15. The Hall–Kier alpha value is -0.610. The normalized spacial score (nSPS) is 13.0. The number of thiazole rings is 1. The Labute approximate surface area is 116 Å². The fourth-order valence-corrected chi connectivity index (χ4v) is 2.94. The molecule has 4 heteroatoms. The van der Waals surface area contributed by atoms with Gasteiger partial charge in [-0.05, 0) is 34.2 Å². The second kappa shape index (κ2) is 7.74. The van der Waals surface area contributed by atoms with Crippen LogP contribution in [0.25, 0.3) is 0 Å². The fraction of sp³-hybridized carbons (Fsp3) is 0.786. The summed E-state index contributed by atoms with van der Waals surface area (Å²) in [5.41, 5.74) is 1.15. The van der Waals surface area contributed by atoms with Crippen LogP contribution >= 0.6 is 11.3 Å². The summed E-state index contributed by atoms with van der Waals surface area (Å²) in [5.74, 6) is 0. The number of anilines is 1. The summed E-state index contributed by atoms with van der Waals surface area (Å²) in [6.45, 7) is 10.0. The van der Waals surface area contributed by atoms with Gasteiger partial charge in [0.05, 0.1) is 5.69 Å². The standard InChI is InChI=1S/C14H27N3S/c1-6-7-8-9-17(11(2)3)14-16-13(10-18-14)12(4)15-5/h10-12,15H,6-9H2,1-5H3. The van der Waals surface area contributed by atoms with Crippen molar-refractivity contribution in [3.8, 4) is 0 Å². The Balaban J connectivity index is 2.70. The lowest BCUT2D eigenvalue weighted by molar-refractivity contribution is 0.613. The molecule has 1 rings (SSSR count). The summed E-state index contributed by atoms with van der Waals surface area (Å²) in [6, 6.07) is 0.852. The molecule has 0 aliphatic rings. The summed E-state index contributed by atoms with van der Waals surface area (Å²) < 4.78 is 0. The molecule has 3 nitrogen and oxygen atoms in total. The molecule has 0 spiro atoms. The summed E-state index contributed by atoms with van der Waals surface area (Å²) >= 11 is 1.76. The average molecular weight is 269 g/mol. The van der Waals surface area contributed by atoms with Gasteiger partial charge in [0.15, 0.2) is 5.13 Å². The monoisotopic (exact) mass is 269 g/mol. The van der Waals surface area contributed by atoms with Gasteiger partial charge in [0, 0.05) is 24.0 Å². The molecule has 1 N–H and O–H groups in total. The molecule has 0 amide bonds. The van der Waals surface area contributed by atoms with E-state index in [1.54, 1.807) is 11.3 Å². The summed E-state index contributed by atoms with van der Waals surface area (Å²) in [5, 5.41) is 6.58. The van der Waals surface area contributed by atoms with E-state index in [1.165, 1.54) is 24.4 Å². The molecule has 1 heterocycles. The molecule has 0 aromatic carbocycles. The zero-order valence-corrected chi connectivity index (χ0v) is 13.2. The minimum Gasteiger partial charge on any atom is -0.346 e. The van der Waals surface area contributed by atoms with Crippen molar-refractivity contribution in [1.82, 2.24) is 10.3 Å². The highest BCUT2D eigenvalue weighted by Crippen LogP contribution is 2.25. The smallest absolute Gasteiger partial charge is 0.185 e.